The van der Waals surface area contributed by atoms with Crippen molar-refractivity contribution in [3.05, 3.63) is 5.01 Å². The molecule has 2 aliphatic rings. The molecule has 23 heavy (non-hydrogen) atoms. The number of unbranched alkanes of at least 4 members (excludes halogenated alkanes) is 1. The van der Waals surface area contributed by atoms with Crippen LogP contribution in [0.3, 0.4) is 0 Å². The molecule has 1 atom stereocenters. The van der Waals surface area contributed by atoms with Crippen molar-refractivity contribution in [3.8, 4) is 0 Å². The van der Waals surface area contributed by atoms with Crippen LogP contribution in [0.2, 0.25) is 0 Å². The number of rotatable bonds is 6. The highest BCUT2D eigenvalue weighted by Crippen LogP contribution is 2.34. The molecule has 1 N–H and O–H groups in total. The zero-order chi connectivity index (χ0) is 16.1. The van der Waals surface area contributed by atoms with Crippen molar-refractivity contribution in [2.75, 3.05) is 11.9 Å². The molecule has 1 amide bonds. The molecule has 1 saturated carbocycles. The Bertz CT molecular complexity index is 506. The monoisotopic (exact) mass is 337 g/mol. The lowest BCUT2D eigenvalue weighted by Crippen LogP contribution is -2.27. The van der Waals surface area contributed by atoms with Gasteiger partial charge in [0.25, 0.3) is 0 Å². The smallest absolute Gasteiger partial charge is 0.229 e. The summed E-state index contributed by atoms with van der Waals surface area (Å²) in [6, 6.07) is 0. The molecule has 1 saturated heterocycles. The fourth-order valence-electron chi connectivity index (χ4n) is 3.60. The van der Waals surface area contributed by atoms with E-state index < -0.39 is 0 Å². The molecule has 1 unspecified atom stereocenters. The van der Waals surface area contributed by atoms with Crippen molar-refractivity contribution in [1.82, 2.24) is 10.2 Å². The first-order valence-corrected chi connectivity index (χ1v) is 9.83. The summed E-state index contributed by atoms with van der Waals surface area (Å²) in [4.78, 5) is 12.4. The van der Waals surface area contributed by atoms with Gasteiger partial charge in [-0.2, -0.15) is 0 Å². The molecule has 1 aromatic rings. The molecule has 2 fully saturated rings. The zero-order valence-corrected chi connectivity index (χ0v) is 14.7. The van der Waals surface area contributed by atoms with Gasteiger partial charge in [0.2, 0.25) is 11.0 Å². The summed E-state index contributed by atoms with van der Waals surface area (Å²) in [5.41, 5.74) is 0. The third-order valence-corrected chi connectivity index (χ3v) is 5.99. The molecule has 0 bridgehead atoms. The Hall–Kier alpha value is -1.01. The van der Waals surface area contributed by atoms with E-state index in [0.29, 0.717) is 5.13 Å². The fourth-order valence-corrected chi connectivity index (χ4v) is 4.43. The second kappa shape index (κ2) is 8.20. The average molecular weight is 337 g/mol. The number of amides is 1. The van der Waals surface area contributed by atoms with Crippen molar-refractivity contribution >= 4 is 22.4 Å². The summed E-state index contributed by atoms with van der Waals surface area (Å²) in [5.74, 6) is 1.09. The third-order valence-electron chi connectivity index (χ3n) is 5.06. The highest BCUT2D eigenvalue weighted by molar-refractivity contribution is 7.15. The third kappa shape index (κ3) is 4.51. The molecule has 0 radical (unpaired) electrons. The van der Waals surface area contributed by atoms with Gasteiger partial charge < -0.3 is 10.1 Å². The Morgan fingerprint density at radius 3 is 2.78 bits per heavy atom. The van der Waals surface area contributed by atoms with E-state index in [1.54, 1.807) is 0 Å². The van der Waals surface area contributed by atoms with Gasteiger partial charge in [0.15, 0.2) is 0 Å². The second-order valence-electron chi connectivity index (χ2n) is 6.80. The average Bonchev–Trinajstić information content (AvgIpc) is 3.24. The summed E-state index contributed by atoms with van der Waals surface area (Å²) in [7, 11) is 0. The first-order valence-electron chi connectivity index (χ1n) is 9.02. The number of anilines is 1. The van der Waals surface area contributed by atoms with Gasteiger partial charge in [-0.3, -0.25) is 4.79 Å². The van der Waals surface area contributed by atoms with Crippen molar-refractivity contribution in [2.24, 2.45) is 11.8 Å². The molecule has 2 heterocycles. The van der Waals surface area contributed by atoms with Crippen molar-refractivity contribution in [2.45, 2.75) is 70.8 Å². The van der Waals surface area contributed by atoms with Gasteiger partial charge in [0.05, 0.1) is 0 Å². The van der Waals surface area contributed by atoms with Crippen LogP contribution in [0, 0.1) is 11.8 Å². The van der Waals surface area contributed by atoms with Crippen molar-refractivity contribution in [1.29, 1.82) is 0 Å². The largest absolute Gasteiger partial charge is 0.371 e. The normalized spacial score (nSPS) is 28.0. The molecule has 1 aromatic heterocycles. The maximum absolute atomic E-state index is 12.4. The van der Waals surface area contributed by atoms with Gasteiger partial charge in [-0.25, -0.2) is 0 Å². The molecule has 128 valence electrons. The highest BCUT2D eigenvalue weighted by atomic mass is 32.1. The predicted molar refractivity (Wildman–Crippen MR) is 91.4 cm³/mol. The highest BCUT2D eigenvalue weighted by Gasteiger charge is 2.27. The predicted octanol–water partition coefficient (Wildman–Crippen LogP) is 4.32. The van der Waals surface area contributed by atoms with Gasteiger partial charge >= 0.3 is 0 Å². The van der Waals surface area contributed by atoms with Crippen LogP contribution in [-0.2, 0) is 9.53 Å². The summed E-state index contributed by atoms with van der Waals surface area (Å²) in [6.45, 7) is 3.04. The van der Waals surface area contributed by atoms with Gasteiger partial charge in [0, 0.05) is 12.5 Å². The maximum Gasteiger partial charge on any atom is 0.229 e. The second-order valence-corrected chi connectivity index (χ2v) is 7.81. The molecule has 3 rings (SSSR count). The molecular formula is C17H27N3O2S. The first-order chi connectivity index (χ1) is 11.3. The number of carbonyl (C=O) groups is 1. The van der Waals surface area contributed by atoms with Gasteiger partial charge in [-0.05, 0) is 44.4 Å². The lowest BCUT2D eigenvalue weighted by Gasteiger charge is -2.27. The minimum atomic E-state index is 0.0761. The number of hydrogen-bond acceptors (Lipinski definition) is 5. The molecular weight excluding hydrogens is 310 g/mol. The van der Waals surface area contributed by atoms with Crippen LogP contribution in [0.5, 0.6) is 0 Å². The van der Waals surface area contributed by atoms with E-state index in [0.717, 1.165) is 43.2 Å². The fraction of sp³-hybridized carbons (Fsp3) is 0.824. The topological polar surface area (TPSA) is 64.1 Å². The Kier molecular flexibility index (Phi) is 6.00. The van der Waals surface area contributed by atoms with Crippen LogP contribution in [0.25, 0.3) is 0 Å². The maximum atomic E-state index is 12.4. The van der Waals surface area contributed by atoms with Crippen LogP contribution < -0.4 is 5.32 Å². The van der Waals surface area contributed by atoms with Crippen LogP contribution in [0.4, 0.5) is 5.13 Å². The van der Waals surface area contributed by atoms with Crippen molar-refractivity contribution in [3.63, 3.8) is 0 Å². The molecule has 1 aliphatic heterocycles. The number of ether oxygens (including phenoxy) is 1. The number of hydrogen-bond donors (Lipinski definition) is 1. The van der Waals surface area contributed by atoms with Gasteiger partial charge in [0.1, 0.15) is 11.1 Å². The number of nitrogens with zero attached hydrogens (tertiary/aromatic N) is 2. The Morgan fingerprint density at radius 2 is 2.09 bits per heavy atom. The molecule has 1 aliphatic carbocycles. The molecule has 0 spiro atoms. The van der Waals surface area contributed by atoms with Crippen LogP contribution in [-0.4, -0.2) is 22.7 Å². The number of nitrogens with one attached hydrogen (secondary N) is 1. The minimum absolute atomic E-state index is 0.0761. The van der Waals surface area contributed by atoms with E-state index in [2.05, 4.69) is 22.4 Å². The van der Waals surface area contributed by atoms with Crippen LogP contribution in [0.15, 0.2) is 0 Å². The lowest BCUT2D eigenvalue weighted by atomic mass is 9.79. The van der Waals surface area contributed by atoms with Crippen LogP contribution >= 0.6 is 11.3 Å². The molecule has 0 aromatic carbocycles. The quantitative estimate of drug-likeness (QED) is 0.839. The van der Waals surface area contributed by atoms with E-state index in [1.807, 2.05) is 0 Å². The Labute approximate surface area is 142 Å². The Balaban J connectivity index is 1.46. The van der Waals surface area contributed by atoms with Crippen LogP contribution in [0.1, 0.15) is 75.8 Å². The lowest BCUT2D eigenvalue weighted by molar-refractivity contribution is -0.121. The van der Waals surface area contributed by atoms with Gasteiger partial charge in [-0.1, -0.05) is 37.5 Å². The Morgan fingerprint density at radius 1 is 1.26 bits per heavy atom. The van der Waals surface area contributed by atoms with E-state index in [-0.39, 0.29) is 17.9 Å². The van der Waals surface area contributed by atoms with E-state index >= 15 is 0 Å². The van der Waals surface area contributed by atoms with Gasteiger partial charge in [-0.15, -0.1) is 10.2 Å². The van der Waals surface area contributed by atoms with E-state index in [4.69, 9.17) is 4.74 Å². The SMILES string of the molecule is CCCCC1CCC(C(=O)Nc2nnc(C3CCCO3)s2)CC1. The number of carbonyl (C=O) groups excluding carboxylic acids is 1. The zero-order valence-electron chi connectivity index (χ0n) is 13.9. The van der Waals surface area contributed by atoms with E-state index in [9.17, 15) is 4.79 Å². The van der Waals surface area contributed by atoms with E-state index in [1.165, 1.54) is 43.4 Å². The molecule has 6 heteroatoms. The summed E-state index contributed by atoms with van der Waals surface area (Å²) in [6.07, 6.45) is 10.5. The summed E-state index contributed by atoms with van der Waals surface area (Å²) in [5, 5.41) is 12.8. The van der Waals surface area contributed by atoms with Crippen molar-refractivity contribution < 1.29 is 9.53 Å². The summed E-state index contributed by atoms with van der Waals surface area (Å²) >= 11 is 1.45. The first kappa shape index (κ1) is 16.8. The standard InChI is InChI=1S/C17H27N3O2S/c1-2-3-5-12-7-9-13(10-8-12)15(21)18-17-20-19-16(23-17)14-6-4-11-22-14/h12-14H,2-11H2,1H3,(H,18,20,21). The minimum Gasteiger partial charge on any atom is -0.371 e. The molecule has 5 nitrogen and oxygen atoms in total. The number of aromatic nitrogens is 2. The summed E-state index contributed by atoms with van der Waals surface area (Å²) < 4.78 is 5.61.